The predicted molar refractivity (Wildman–Crippen MR) is 125 cm³/mol. The maximum Gasteiger partial charge on any atom is 0.296 e. The van der Waals surface area contributed by atoms with E-state index in [2.05, 4.69) is 20.5 Å². The molecular weight excluding hydrogens is 458 g/mol. The number of benzene rings is 2. The Kier molecular flexibility index (Phi) is 5.72. The van der Waals surface area contributed by atoms with E-state index in [0.717, 1.165) is 28.8 Å². The minimum absolute atomic E-state index is 0.0312. The number of amides is 1. The molecule has 0 radical (unpaired) electrons. The molecule has 0 aliphatic rings. The minimum atomic E-state index is -0.560. The van der Waals surface area contributed by atoms with Gasteiger partial charge in [0.1, 0.15) is 17.5 Å². The van der Waals surface area contributed by atoms with Gasteiger partial charge in [-0.15, -0.1) is 16.4 Å². The summed E-state index contributed by atoms with van der Waals surface area (Å²) in [6.07, 6.45) is 1.54. The summed E-state index contributed by atoms with van der Waals surface area (Å²) in [5.41, 5.74) is 1.54. The van der Waals surface area contributed by atoms with Crippen LogP contribution >= 0.6 is 11.3 Å². The van der Waals surface area contributed by atoms with E-state index >= 15 is 0 Å². The Morgan fingerprint density at radius 2 is 1.91 bits per heavy atom. The maximum absolute atomic E-state index is 14.1. The van der Waals surface area contributed by atoms with Gasteiger partial charge in [-0.05, 0) is 48.7 Å². The Morgan fingerprint density at radius 1 is 1.09 bits per heavy atom. The van der Waals surface area contributed by atoms with Crippen molar-refractivity contribution in [2.75, 3.05) is 5.32 Å². The third kappa shape index (κ3) is 4.23. The number of hydrogen-bond donors (Lipinski definition) is 1. The summed E-state index contributed by atoms with van der Waals surface area (Å²) >= 11 is 1.49. The Labute approximate surface area is 197 Å². The number of halogens is 2. The van der Waals surface area contributed by atoms with Crippen LogP contribution in [0.15, 0.2) is 72.2 Å². The standard InChI is InChI=1S/C24H18F2N6OS/c1-15-13-27-31(14-16-12-17(25)9-10-19(16)26)22(15)29-24(33)21-28-23(20-8-5-11-34-20)32(30-21)18-6-3-2-4-7-18/h2-13H,14H2,1H3,(H,29,33). The van der Waals surface area contributed by atoms with Gasteiger partial charge in [-0.25, -0.2) is 23.1 Å². The van der Waals surface area contributed by atoms with Crippen molar-refractivity contribution in [3.05, 3.63) is 101 Å². The summed E-state index contributed by atoms with van der Waals surface area (Å²) in [5, 5.41) is 13.4. The molecule has 7 nitrogen and oxygen atoms in total. The molecule has 0 saturated heterocycles. The highest BCUT2D eigenvalue weighted by Crippen LogP contribution is 2.26. The first-order valence-electron chi connectivity index (χ1n) is 10.3. The zero-order chi connectivity index (χ0) is 23.7. The van der Waals surface area contributed by atoms with Crippen LogP contribution in [0.5, 0.6) is 0 Å². The van der Waals surface area contributed by atoms with Crippen molar-refractivity contribution in [3.8, 4) is 16.4 Å². The average molecular weight is 477 g/mol. The molecule has 34 heavy (non-hydrogen) atoms. The second-order valence-electron chi connectivity index (χ2n) is 7.51. The van der Waals surface area contributed by atoms with E-state index in [9.17, 15) is 13.6 Å². The lowest BCUT2D eigenvalue weighted by Crippen LogP contribution is -2.18. The van der Waals surface area contributed by atoms with E-state index in [1.165, 1.54) is 16.0 Å². The first-order valence-corrected chi connectivity index (χ1v) is 11.2. The molecular formula is C24H18F2N6OS. The molecule has 3 heterocycles. The quantitative estimate of drug-likeness (QED) is 0.371. The fourth-order valence-corrected chi connectivity index (χ4v) is 4.17. The van der Waals surface area contributed by atoms with E-state index in [0.29, 0.717) is 17.2 Å². The number of rotatable bonds is 6. The number of nitrogens with one attached hydrogen (secondary N) is 1. The Morgan fingerprint density at radius 3 is 2.68 bits per heavy atom. The Bertz CT molecular complexity index is 1460. The summed E-state index contributed by atoms with van der Waals surface area (Å²) in [4.78, 5) is 18.5. The lowest BCUT2D eigenvalue weighted by Gasteiger charge is -2.10. The number of anilines is 1. The van der Waals surface area contributed by atoms with Crippen molar-refractivity contribution in [1.82, 2.24) is 24.5 Å². The Hall–Kier alpha value is -4.18. The SMILES string of the molecule is Cc1cnn(Cc2cc(F)ccc2F)c1NC(=O)c1nc(-c2cccs2)n(-c2ccccc2)n1. The van der Waals surface area contributed by atoms with Gasteiger partial charge in [0.05, 0.1) is 23.3 Å². The van der Waals surface area contributed by atoms with Crippen LogP contribution in [-0.4, -0.2) is 30.5 Å². The largest absolute Gasteiger partial charge is 0.304 e. The van der Waals surface area contributed by atoms with E-state index in [1.54, 1.807) is 17.8 Å². The summed E-state index contributed by atoms with van der Waals surface area (Å²) in [6, 6.07) is 16.4. The van der Waals surface area contributed by atoms with Gasteiger partial charge >= 0.3 is 0 Å². The molecule has 5 aromatic rings. The molecule has 0 unspecified atom stereocenters. The lowest BCUT2D eigenvalue weighted by molar-refractivity contribution is 0.101. The van der Waals surface area contributed by atoms with Gasteiger partial charge in [-0.3, -0.25) is 4.79 Å². The zero-order valence-corrected chi connectivity index (χ0v) is 18.8. The number of nitrogens with zero attached hydrogens (tertiary/aromatic N) is 5. The van der Waals surface area contributed by atoms with Gasteiger partial charge in [0.2, 0.25) is 5.82 Å². The van der Waals surface area contributed by atoms with Crippen LogP contribution in [0, 0.1) is 18.6 Å². The number of aromatic nitrogens is 5. The number of para-hydroxylation sites is 1. The van der Waals surface area contributed by atoms with Crippen molar-refractivity contribution < 1.29 is 13.6 Å². The van der Waals surface area contributed by atoms with Gasteiger partial charge in [0.25, 0.3) is 5.91 Å². The molecule has 5 rings (SSSR count). The molecule has 0 saturated carbocycles. The van der Waals surface area contributed by atoms with E-state index in [4.69, 9.17) is 0 Å². The van der Waals surface area contributed by atoms with E-state index < -0.39 is 17.5 Å². The topological polar surface area (TPSA) is 77.6 Å². The fraction of sp³-hybridized carbons (Fsp3) is 0.0833. The van der Waals surface area contributed by atoms with Crippen LogP contribution in [0.4, 0.5) is 14.6 Å². The molecule has 0 spiro atoms. The van der Waals surface area contributed by atoms with Crippen molar-refractivity contribution in [1.29, 1.82) is 0 Å². The van der Waals surface area contributed by atoms with E-state index in [-0.39, 0.29) is 17.9 Å². The highest BCUT2D eigenvalue weighted by atomic mass is 32.1. The van der Waals surface area contributed by atoms with Gasteiger partial charge < -0.3 is 5.32 Å². The first kappa shape index (κ1) is 21.7. The number of thiophene rings is 1. The molecule has 0 aliphatic carbocycles. The summed E-state index contributed by atoms with van der Waals surface area (Å²) in [7, 11) is 0. The van der Waals surface area contributed by atoms with Crippen molar-refractivity contribution in [2.24, 2.45) is 0 Å². The van der Waals surface area contributed by atoms with Crippen LogP contribution in [0.1, 0.15) is 21.7 Å². The lowest BCUT2D eigenvalue weighted by atomic mass is 10.2. The maximum atomic E-state index is 14.1. The molecule has 1 amide bonds. The van der Waals surface area contributed by atoms with Crippen molar-refractivity contribution >= 4 is 23.1 Å². The zero-order valence-electron chi connectivity index (χ0n) is 17.9. The van der Waals surface area contributed by atoms with Crippen LogP contribution < -0.4 is 5.32 Å². The minimum Gasteiger partial charge on any atom is -0.304 e. The van der Waals surface area contributed by atoms with Gasteiger partial charge in [-0.2, -0.15) is 5.10 Å². The number of carbonyl (C=O) groups excluding carboxylic acids is 1. The molecule has 3 aromatic heterocycles. The second-order valence-corrected chi connectivity index (χ2v) is 8.46. The molecule has 1 N–H and O–H groups in total. The fourth-order valence-electron chi connectivity index (χ4n) is 3.47. The summed E-state index contributed by atoms with van der Waals surface area (Å²) < 4.78 is 30.8. The normalized spacial score (nSPS) is 11.0. The van der Waals surface area contributed by atoms with Gasteiger partial charge in [-0.1, -0.05) is 24.3 Å². The molecule has 10 heteroatoms. The highest BCUT2D eigenvalue weighted by Gasteiger charge is 2.21. The molecule has 2 aromatic carbocycles. The molecule has 0 bridgehead atoms. The number of hydrogen-bond acceptors (Lipinski definition) is 5. The second kappa shape index (κ2) is 8.99. The van der Waals surface area contributed by atoms with Gasteiger partial charge in [0.15, 0.2) is 5.82 Å². The van der Waals surface area contributed by atoms with Crippen LogP contribution in [0.2, 0.25) is 0 Å². The molecule has 0 aliphatic heterocycles. The summed E-state index contributed by atoms with van der Waals surface area (Å²) in [6.45, 7) is 1.70. The van der Waals surface area contributed by atoms with Crippen LogP contribution in [-0.2, 0) is 6.54 Å². The highest BCUT2D eigenvalue weighted by molar-refractivity contribution is 7.13. The smallest absolute Gasteiger partial charge is 0.296 e. The van der Waals surface area contributed by atoms with E-state index in [1.807, 2.05) is 47.8 Å². The predicted octanol–water partition coefficient (Wildman–Crippen LogP) is 5.08. The van der Waals surface area contributed by atoms with Crippen LogP contribution in [0.25, 0.3) is 16.4 Å². The monoisotopic (exact) mass is 476 g/mol. The van der Waals surface area contributed by atoms with Gasteiger partial charge in [0, 0.05) is 11.1 Å². The number of carbonyl (C=O) groups is 1. The molecule has 0 fully saturated rings. The third-order valence-electron chi connectivity index (χ3n) is 5.13. The van der Waals surface area contributed by atoms with Crippen LogP contribution in [0.3, 0.4) is 0 Å². The number of aryl methyl sites for hydroxylation is 1. The molecule has 170 valence electrons. The van der Waals surface area contributed by atoms with Crippen molar-refractivity contribution in [3.63, 3.8) is 0 Å². The average Bonchev–Trinajstić information content (AvgIpc) is 3.59. The third-order valence-corrected chi connectivity index (χ3v) is 6.00. The molecule has 0 atom stereocenters. The Balaban J connectivity index is 1.47. The van der Waals surface area contributed by atoms with Crippen molar-refractivity contribution in [2.45, 2.75) is 13.5 Å². The first-order chi connectivity index (χ1) is 16.5. The summed E-state index contributed by atoms with van der Waals surface area (Å²) in [5.74, 6) is -0.799.